The standard InChI is InChI=1S/C26H28F6O6/c27-25(28,29)37-21-13-9-19(10-14-21)17-35-23(33)7-5-3-1-2-4-6-8-24(34)36-18-20-11-15-22(16-12-20)38-26(30,31)32/h9-16H,1-8,17-18H2. The van der Waals surface area contributed by atoms with E-state index in [2.05, 4.69) is 9.47 Å². The van der Waals surface area contributed by atoms with Crippen LogP contribution in [0.5, 0.6) is 11.5 Å². The molecule has 0 unspecified atom stereocenters. The molecule has 38 heavy (non-hydrogen) atoms. The van der Waals surface area contributed by atoms with E-state index >= 15 is 0 Å². The minimum absolute atomic E-state index is 0.0426. The van der Waals surface area contributed by atoms with Crippen LogP contribution < -0.4 is 9.47 Å². The van der Waals surface area contributed by atoms with Crippen molar-refractivity contribution in [1.29, 1.82) is 0 Å². The smallest absolute Gasteiger partial charge is 0.461 e. The van der Waals surface area contributed by atoms with Gasteiger partial charge in [0.1, 0.15) is 24.7 Å². The molecular formula is C26H28F6O6. The van der Waals surface area contributed by atoms with Gasteiger partial charge < -0.3 is 18.9 Å². The van der Waals surface area contributed by atoms with E-state index in [0.717, 1.165) is 49.9 Å². The Morgan fingerprint density at radius 2 is 0.842 bits per heavy atom. The van der Waals surface area contributed by atoms with Gasteiger partial charge in [0.2, 0.25) is 0 Å². The maximum absolute atomic E-state index is 12.2. The average Bonchev–Trinajstić information content (AvgIpc) is 2.83. The summed E-state index contributed by atoms with van der Waals surface area (Å²) in [5.74, 6) is -1.50. The Morgan fingerprint density at radius 3 is 1.16 bits per heavy atom. The van der Waals surface area contributed by atoms with E-state index in [1.54, 1.807) is 0 Å². The number of esters is 2. The van der Waals surface area contributed by atoms with Gasteiger partial charge in [0.15, 0.2) is 0 Å². The molecule has 0 amide bonds. The second-order valence-corrected chi connectivity index (χ2v) is 8.33. The lowest BCUT2D eigenvalue weighted by Crippen LogP contribution is -2.17. The maximum atomic E-state index is 12.2. The lowest BCUT2D eigenvalue weighted by atomic mass is 10.1. The molecule has 0 aliphatic heterocycles. The van der Waals surface area contributed by atoms with Gasteiger partial charge in [-0.25, -0.2) is 0 Å². The molecule has 0 atom stereocenters. The topological polar surface area (TPSA) is 71.1 Å². The first-order valence-electron chi connectivity index (χ1n) is 11.9. The van der Waals surface area contributed by atoms with Gasteiger partial charge in [-0.15, -0.1) is 26.3 Å². The van der Waals surface area contributed by atoms with Gasteiger partial charge in [-0.1, -0.05) is 49.9 Å². The summed E-state index contributed by atoms with van der Waals surface area (Å²) in [7, 11) is 0. The molecule has 2 rings (SSSR count). The second-order valence-electron chi connectivity index (χ2n) is 8.33. The Kier molecular flexibility index (Phi) is 12.2. The van der Waals surface area contributed by atoms with Gasteiger partial charge in [0.25, 0.3) is 0 Å². The van der Waals surface area contributed by atoms with Crippen LogP contribution in [-0.4, -0.2) is 24.7 Å². The Labute approximate surface area is 215 Å². The zero-order chi connectivity index (χ0) is 28.0. The summed E-state index contributed by atoms with van der Waals surface area (Å²) in [6, 6.07) is 10.1. The zero-order valence-electron chi connectivity index (χ0n) is 20.4. The molecule has 0 spiro atoms. The Morgan fingerprint density at radius 1 is 0.526 bits per heavy atom. The molecule has 12 heteroatoms. The van der Waals surface area contributed by atoms with Crippen molar-refractivity contribution in [3.05, 3.63) is 59.7 Å². The Bertz CT molecular complexity index is 906. The highest BCUT2D eigenvalue weighted by atomic mass is 19.4. The minimum Gasteiger partial charge on any atom is -0.461 e. The van der Waals surface area contributed by atoms with Crippen LogP contribution in [0.3, 0.4) is 0 Å². The number of benzene rings is 2. The number of ether oxygens (including phenoxy) is 4. The van der Waals surface area contributed by atoms with Crippen LogP contribution in [0, 0.1) is 0 Å². The number of unbranched alkanes of at least 4 members (excludes halogenated alkanes) is 5. The first-order chi connectivity index (χ1) is 17.9. The summed E-state index contributed by atoms with van der Waals surface area (Å²) in [6.07, 6.45) is -4.47. The molecule has 0 aliphatic carbocycles. The van der Waals surface area contributed by atoms with E-state index in [4.69, 9.17) is 9.47 Å². The quantitative estimate of drug-likeness (QED) is 0.131. The highest BCUT2D eigenvalue weighted by Gasteiger charge is 2.31. The molecular weight excluding hydrogens is 522 g/mol. The fraction of sp³-hybridized carbons (Fsp3) is 0.462. The first kappa shape index (κ1) is 30.8. The van der Waals surface area contributed by atoms with Crippen LogP contribution in [0.1, 0.15) is 62.5 Å². The van der Waals surface area contributed by atoms with E-state index in [9.17, 15) is 35.9 Å². The summed E-state index contributed by atoms with van der Waals surface area (Å²) in [5, 5.41) is 0. The first-order valence-corrected chi connectivity index (χ1v) is 11.9. The van der Waals surface area contributed by atoms with Crippen LogP contribution in [0.4, 0.5) is 26.3 Å². The van der Waals surface area contributed by atoms with Crippen LogP contribution in [0.25, 0.3) is 0 Å². The lowest BCUT2D eigenvalue weighted by molar-refractivity contribution is -0.275. The maximum Gasteiger partial charge on any atom is 0.573 e. The normalized spacial score (nSPS) is 11.6. The van der Waals surface area contributed by atoms with Crippen LogP contribution in [0.15, 0.2) is 48.5 Å². The van der Waals surface area contributed by atoms with Gasteiger partial charge in [-0.3, -0.25) is 9.59 Å². The summed E-state index contributed by atoms with van der Waals surface area (Å²) in [5.41, 5.74) is 1.08. The SMILES string of the molecule is O=C(CCCCCCCCC(=O)OCc1ccc(OC(F)(F)F)cc1)OCc1ccc(OC(F)(F)F)cc1. The summed E-state index contributed by atoms with van der Waals surface area (Å²) >= 11 is 0. The van der Waals surface area contributed by atoms with Gasteiger partial charge in [-0.2, -0.15) is 0 Å². The lowest BCUT2D eigenvalue weighted by Gasteiger charge is -2.10. The van der Waals surface area contributed by atoms with E-state index in [0.29, 0.717) is 24.0 Å². The third-order valence-electron chi connectivity index (χ3n) is 5.13. The number of rotatable bonds is 15. The Balaban J connectivity index is 1.46. The van der Waals surface area contributed by atoms with Crippen molar-refractivity contribution in [3.63, 3.8) is 0 Å². The van der Waals surface area contributed by atoms with Crippen LogP contribution in [-0.2, 0) is 32.3 Å². The van der Waals surface area contributed by atoms with Crippen molar-refractivity contribution < 1.29 is 54.9 Å². The van der Waals surface area contributed by atoms with Crippen molar-refractivity contribution in [3.8, 4) is 11.5 Å². The monoisotopic (exact) mass is 550 g/mol. The van der Waals surface area contributed by atoms with Crippen molar-refractivity contribution in [2.45, 2.75) is 77.3 Å². The third kappa shape index (κ3) is 14.3. The highest BCUT2D eigenvalue weighted by molar-refractivity contribution is 5.69. The number of hydrogen-bond acceptors (Lipinski definition) is 6. The second kappa shape index (κ2) is 15.1. The Hall–Kier alpha value is -3.44. The van der Waals surface area contributed by atoms with Crippen LogP contribution >= 0.6 is 0 Å². The third-order valence-corrected chi connectivity index (χ3v) is 5.13. The van der Waals surface area contributed by atoms with Crippen molar-refractivity contribution in [2.75, 3.05) is 0 Å². The molecule has 0 N–H and O–H groups in total. The van der Waals surface area contributed by atoms with Crippen molar-refractivity contribution in [1.82, 2.24) is 0 Å². The number of halogens is 6. The van der Waals surface area contributed by atoms with Crippen molar-refractivity contribution >= 4 is 11.9 Å². The minimum atomic E-state index is -4.76. The molecule has 0 aromatic heterocycles. The van der Waals surface area contributed by atoms with Gasteiger partial charge in [0.05, 0.1) is 0 Å². The number of alkyl halides is 6. The molecule has 0 radical (unpaired) electrons. The predicted molar refractivity (Wildman–Crippen MR) is 123 cm³/mol. The average molecular weight is 550 g/mol. The molecule has 210 valence electrons. The predicted octanol–water partition coefficient (Wildman–Crippen LogP) is 7.39. The molecule has 0 saturated heterocycles. The van der Waals surface area contributed by atoms with E-state index in [1.165, 1.54) is 24.3 Å². The van der Waals surface area contributed by atoms with E-state index in [-0.39, 0.29) is 37.6 Å². The number of carbonyl (C=O) groups is 2. The fourth-order valence-electron chi connectivity index (χ4n) is 3.29. The molecule has 2 aromatic carbocycles. The molecule has 0 heterocycles. The number of carbonyl (C=O) groups excluding carboxylic acids is 2. The number of hydrogen-bond donors (Lipinski definition) is 0. The van der Waals surface area contributed by atoms with Crippen molar-refractivity contribution in [2.24, 2.45) is 0 Å². The highest BCUT2D eigenvalue weighted by Crippen LogP contribution is 2.24. The molecule has 0 fully saturated rings. The van der Waals surface area contributed by atoms with Gasteiger partial charge in [0, 0.05) is 12.8 Å². The molecule has 0 aliphatic rings. The molecule has 0 bridgehead atoms. The van der Waals surface area contributed by atoms with Gasteiger partial charge in [-0.05, 0) is 48.2 Å². The molecule has 0 saturated carbocycles. The summed E-state index contributed by atoms with van der Waals surface area (Å²) < 4.78 is 90.7. The summed E-state index contributed by atoms with van der Waals surface area (Å²) in [4.78, 5) is 23.6. The largest absolute Gasteiger partial charge is 0.573 e. The zero-order valence-corrected chi connectivity index (χ0v) is 20.4. The van der Waals surface area contributed by atoms with E-state index < -0.39 is 24.7 Å². The summed E-state index contributed by atoms with van der Waals surface area (Å²) in [6.45, 7) is -0.0853. The van der Waals surface area contributed by atoms with Crippen LogP contribution in [0.2, 0.25) is 0 Å². The molecule has 2 aromatic rings. The van der Waals surface area contributed by atoms with Gasteiger partial charge >= 0.3 is 24.7 Å². The molecule has 6 nitrogen and oxygen atoms in total. The van der Waals surface area contributed by atoms with E-state index in [1.807, 2.05) is 0 Å². The fourth-order valence-corrected chi connectivity index (χ4v) is 3.29.